The standard InChI is InChI=1S/C31H43F3N2O3/c1-35-21-25(18-23-19-30(33,34)20-23)36-16-9-10-24(22-36)31(37,15-6-7-17-38-2)27-13-8-14-28(32)29(27)39-26-11-4-3-5-12-26/h3-5,8,11-14,23-25,35,37H,6-7,9-10,15-22H2,1-2H3/t24-,25?,31+/m1/s1. The first-order chi connectivity index (χ1) is 18.8. The Bertz CT molecular complexity index is 1030. The number of nitrogens with zero attached hydrogens (tertiary/aromatic N) is 1. The van der Waals surface area contributed by atoms with Crippen molar-refractivity contribution in [3.63, 3.8) is 0 Å². The van der Waals surface area contributed by atoms with Gasteiger partial charge in [0.2, 0.25) is 5.92 Å². The van der Waals surface area contributed by atoms with E-state index in [1.165, 1.54) is 6.07 Å². The quantitative estimate of drug-likeness (QED) is 0.269. The molecule has 8 heteroatoms. The van der Waals surface area contributed by atoms with Gasteiger partial charge in [0.1, 0.15) is 5.75 Å². The highest BCUT2D eigenvalue weighted by Gasteiger charge is 2.47. The summed E-state index contributed by atoms with van der Waals surface area (Å²) >= 11 is 0. The molecule has 0 radical (unpaired) electrons. The van der Waals surface area contributed by atoms with E-state index in [0.29, 0.717) is 50.3 Å². The molecule has 0 aromatic heterocycles. The number of hydrogen-bond acceptors (Lipinski definition) is 5. The van der Waals surface area contributed by atoms with Crippen LogP contribution in [0.3, 0.4) is 0 Å². The molecule has 2 fully saturated rings. The molecule has 1 aliphatic heterocycles. The minimum absolute atomic E-state index is 0.0146. The van der Waals surface area contributed by atoms with Crippen LogP contribution >= 0.6 is 0 Å². The van der Waals surface area contributed by atoms with Crippen LogP contribution in [0, 0.1) is 17.7 Å². The molecule has 1 saturated heterocycles. The molecule has 2 aromatic rings. The largest absolute Gasteiger partial charge is 0.454 e. The summed E-state index contributed by atoms with van der Waals surface area (Å²) in [7, 11) is 3.54. The fourth-order valence-corrected chi connectivity index (χ4v) is 6.42. The van der Waals surface area contributed by atoms with Crippen LogP contribution in [0.4, 0.5) is 13.2 Å². The first kappa shape index (κ1) is 29.8. The normalized spacial score (nSPS) is 22.2. The highest BCUT2D eigenvalue weighted by molar-refractivity contribution is 5.43. The number of rotatable bonds is 14. The van der Waals surface area contributed by atoms with Crippen LogP contribution in [0.2, 0.25) is 0 Å². The highest BCUT2D eigenvalue weighted by Crippen LogP contribution is 2.47. The maximum atomic E-state index is 15.3. The van der Waals surface area contributed by atoms with Gasteiger partial charge in [-0.3, -0.25) is 4.90 Å². The van der Waals surface area contributed by atoms with Gasteiger partial charge in [-0.2, -0.15) is 0 Å². The van der Waals surface area contributed by atoms with Gasteiger partial charge in [-0.15, -0.1) is 0 Å². The molecule has 4 rings (SSSR count). The molecular weight excluding hydrogens is 505 g/mol. The number of para-hydroxylation sites is 2. The van der Waals surface area contributed by atoms with Crippen molar-refractivity contribution < 1.29 is 27.8 Å². The van der Waals surface area contributed by atoms with E-state index in [9.17, 15) is 13.9 Å². The van der Waals surface area contributed by atoms with Crippen molar-refractivity contribution in [3.05, 3.63) is 59.9 Å². The van der Waals surface area contributed by atoms with Gasteiger partial charge in [0.15, 0.2) is 11.6 Å². The summed E-state index contributed by atoms with van der Waals surface area (Å²) in [5.74, 6) is -2.65. The summed E-state index contributed by atoms with van der Waals surface area (Å²) in [6, 6.07) is 13.9. The average Bonchev–Trinajstić information content (AvgIpc) is 2.91. The number of likely N-dealkylation sites (N-methyl/N-ethyl adjacent to an activating group) is 1. The number of alkyl halides is 2. The number of aliphatic hydroxyl groups is 1. The van der Waals surface area contributed by atoms with Gasteiger partial charge in [-0.1, -0.05) is 30.3 Å². The second kappa shape index (κ2) is 13.5. The lowest BCUT2D eigenvalue weighted by molar-refractivity contribution is -0.119. The number of hydrogen-bond donors (Lipinski definition) is 2. The fourth-order valence-electron chi connectivity index (χ4n) is 6.42. The first-order valence-electron chi connectivity index (χ1n) is 14.3. The van der Waals surface area contributed by atoms with Crippen LogP contribution in [-0.4, -0.2) is 62.4 Å². The van der Waals surface area contributed by atoms with E-state index in [-0.39, 0.29) is 36.5 Å². The molecule has 2 aromatic carbocycles. The van der Waals surface area contributed by atoms with Gasteiger partial charge >= 0.3 is 0 Å². The Morgan fingerprint density at radius 1 is 1.13 bits per heavy atom. The molecule has 1 unspecified atom stereocenters. The SMILES string of the molecule is CNCC(CC1CC(F)(F)C1)N1CCC[C@@H]([C@@](O)(CCCCOC)c2cccc(F)c2Oc2ccccc2)C1. The van der Waals surface area contributed by atoms with E-state index in [0.717, 1.165) is 25.8 Å². The molecule has 1 aliphatic carbocycles. The van der Waals surface area contributed by atoms with Crippen molar-refractivity contribution >= 4 is 0 Å². The second-order valence-electron chi connectivity index (χ2n) is 11.3. The summed E-state index contributed by atoms with van der Waals surface area (Å²) in [5.41, 5.74) is -0.869. The van der Waals surface area contributed by atoms with Gasteiger partial charge in [0, 0.05) is 57.2 Å². The number of piperidine rings is 1. The number of benzene rings is 2. The summed E-state index contributed by atoms with van der Waals surface area (Å²) < 4.78 is 53.7. The summed E-state index contributed by atoms with van der Waals surface area (Å²) in [6.45, 7) is 2.74. The van der Waals surface area contributed by atoms with Crippen molar-refractivity contribution in [2.75, 3.05) is 40.4 Å². The Morgan fingerprint density at radius 2 is 1.90 bits per heavy atom. The van der Waals surface area contributed by atoms with Crippen LogP contribution in [0.5, 0.6) is 11.5 Å². The van der Waals surface area contributed by atoms with Gasteiger partial charge in [-0.05, 0) is 76.2 Å². The topological polar surface area (TPSA) is 54.0 Å². The summed E-state index contributed by atoms with van der Waals surface area (Å²) in [6.07, 6.45) is 4.20. The van der Waals surface area contributed by atoms with Crippen LogP contribution in [0.25, 0.3) is 0 Å². The monoisotopic (exact) mass is 548 g/mol. The molecule has 216 valence electrons. The Labute approximate surface area is 230 Å². The molecule has 0 amide bonds. The van der Waals surface area contributed by atoms with Crippen molar-refractivity contribution in [1.29, 1.82) is 0 Å². The molecule has 0 spiro atoms. The van der Waals surface area contributed by atoms with Crippen LogP contribution in [-0.2, 0) is 10.3 Å². The predicted molar refractivity (Wildman–Crippen MR) is 147 cm³/mol. The van der Waals surface area contributed by atoms with Crippen molar-refractivity contribution in [2.24, 2.45) is 11.8 Å². The van der Waals surface area contributed by atoms with E-state index in [4.69, 9.17) is 9.47 Å². The molecule has 2 aliphatic rings. The molecule has 2 N–H and O–H groups in total. The zero-order chi connectivity index (χ0) is 27.9. The van der Waals surface area contributed by atoms with Gasteiger partial charge < -0.3 is 19.9 Å². The van der Waals surface area contributed by atoms with E-state index in [1.807, 2.05) is 25.2 Å². The van der Waals surface area contributed by atoms with Crippen LogP contribution in [0.15, 0.2) is 48.5 Å². The fraction of sp³-hybridized carbons (Fsp3) is 0.613. The van der Waals surface area contributed by atoms with Crippen molar-refractivity contribution in [3.8, 4) is 11.5 Å². The minimum Gasteiger partial charge on any atom is -0.454 e. The Hall–Kier alpha value is -2.13. The number of methoxy groups -OCH3 is 1. The van der Waals surface area contributed by atoms with Gasteiger partial charge in [-0.25, -0.2) is 13.2 Å². The van der Waals surface area contributed by atoms with E-state index in [2.05, 4.69) is 10.2 Å². The molecular formula is C31H43F3N2O3. The molecule has 1 heterocycles. The Morgan fingerprint density at radius 3 is 2.59 bits per heavy atom. The maximum Gasteiger partial charge on any atom is 0.248 e. The number of unbranched alkanes of at least 4 members (excludes halogenated alkanes) is 1. The van der Waals surface area contributed by atoms with E-state index >= 15 is 4.39 Å². The maximum absolute atomic E-state index is 15.3. The van der Waals surface area contributed by atoms with E-state index < -0.39 is 17.3 Å². The third kappa shape index (κ3) is 7.54. The third-order valence-corrected chi connectivity index (χ3v) is 8.42. The Kier molecular flexibility index (Phi) is 10.3. The number of likely N-dealkylation sites (tertiary alicyclic amines) is 1. The van der Waals surface area contributed by atoms with Gasteiger partial charge in [0.25, 0.3) is 0 Å². The van der Waals surface area contributed by atoms with Gasteiger partial charge in [0.05, 0.1) is 5.60 Å². The number of ether oxygens (including phenoxy) is 2. The first-order valence-corrected chi connectivity index (χ1v) is 14.3. The Balaban J connectivity index is 1.61. The summed E-state index contributed by atoms with van der Waals surface area (Å²) in [4.78, 5) is 2.35. The molecule has 1 saturated carbocycles. The third-order valence-electron chi connectivity index (χ3n) is 8.42. The summed E-state index contributed by atoms with van der Waals surface area (Å²) in [5, 5.41) is 15.7. The molecule has 39 heavy (non-hydrogen) atoms. The average molecular weight is 549 g/mol. The lowest BCUT2D eigenvalue weighted by Gasteiger charge is -2.47. The number of nitrogens with one attached hydrogen (secondary N) is 1. The van der Waals surface area contributed by atoms with Crippen molar-refractivity contribution in [1.82, 2.24) is 10.2 Å². The second-order valence-corrected chi connectivity index (χ2v) is 11.3. The predicted octanol–water partition coefficient (Wildman–Crippen LogP) is 6.36. The van der Waals surface area contributed by atoms with Crippen molar-refractivity contribution in [2.45, 2.75) is 68.9 Å². The van der Waals surface area contributed by atoms with E-state index in [1.54, 1.807) is 31.4 Å². The van der Waals surface area contributed by atoms with Crippen LogP contribution < -0.4 is 10.1 Å². The minimum atomic E-state index is -2.53. The highest BCUT2D eigenvalue weighted by atomic mass is 19.3. The zero-order valence-electron chi connectivity index (χ0n) is 23.2. The molecule has 0 bridgehead atoms. The lowest BCUT2D eigenvalue weighted by atomic mass is 9.72. The lowest BCUT2D eigenvalue weighted by Crippen LogP contribution is -2.53. The molecule has 3 atom stereocenters. The smallest absolute Gasteiger partial charge is 0.248 e. The zero-order valence-corrected chi connectivity index (χ0v) is 23.2. The molecule has 5 nitrogen and oxygen atoms in total. The number of halogens is 3. The van der Waals surface area contributed by atoms with Crippen LogP contribution in [0.1, 0.15) is 56.9 Å².